The number of hydrogen-bond donors (Lipinski definition) is 4. The molecule has 0 saturated carbocycles. The molecular formula is C8H8N2O6. The van der Waals surface area contributed by atoms with E-state index in [1.165, 1.54) is 0 Å². The van der Waals surface area contributed by atoms with E-state index in [1.54, 1.807) is 0 Å². The van der Waals surface area contributed by atoms with Gasteiger partial charge in [-0.2, -0.15) is 0 Å². The first kappa shape index (κ1) is 11.7. The van der Waals surface area contributed by atoms with Crippen molar-refractivity contribution >= 4 is 11.7 Å². The summed E-state index contributed by atoms with van der Waals surface area (Å²) >= 11 is 0. The number of carboxylic acids is 1. The summed E-state index contributed by atoms with van der Waals surface area (Å²) in [5, 5.41) is 37.5. The Hall–Kier alpha value is -2.35. The molecule has 1 unspecified atom stereocenters. The fourth-order valence-corrected chi connectivity index (χ4v) is 1.19. The van der Waals surface area contributed by atoms with Crippen LogP contribution < -0.4 is 5.73 Å². The number of aromatic hydroxyl groups is 2. The Kier molecular flexibility index (Phi) is 2.95. The van der Waals surface area contributed by atoms with E-state index in [1.807, 2.05) is 0 Å². The first-order chi connectivity index (χ1) is 7.34. The summed E-state index contributed by atoms with van der Waals surface area (Å²) in [6.07, 6.45) is 0. The molecular weight excluding hydrogens is 220 g/mol. The van der Waals surface area contributed by atoms with Crippen molar-refractivity contribution < 1.29 is 25.0 Å². The highest BCUT2D eigenvalue weighted by atomic mass is 16.6. The number of phenols is 2. The minimum atomic E-state index is -1.70. The summed E-state index contributed by atoms with van der Waals surface area (Å²) in [7, 11) is 0. The Bertz CT molecular complexity index is 458. The highest BCUT2D eigenvalue weighted by molar-refractivity contribution is 5.78. The van der Waals surface area contributed by atoms with Crippen molar-refractivity contribution in [3.8, 4) is 11.5 Å². The maximum atomic E-state index is 10.6. The van der Waals surface area contributed by atoms with Gasteiger partial charge in [0.1, 0.15) is 11.8 Å². The Morgan fingerprint density at radius 1 is 1.44 bits per heavy atom. The topological polar surface area (TPSA) is 147 Å². The van der Waals surface area contributed by atoms with Crippen LogP contribution in [0.2, 0.25) is 0 Å². The minimum absolute atomic E-state index is 0.463. The molecule has 0 aliphatic carbocycles. The third-order valence-corrected chi connectivity index (χ3v) is 1.89. The van der Waals surface area contributed by atoms with Crippen molar-refractivity contribution in [3.05, 3.63) is 27.8 Å². The van der Waals surface area contributed by atoms with Gasteiger partial charge in [-0.15, -0.1) is 0 Å². The molecule has 1 aromatic rings. The summed E-state index contributed by atoms with van der Waals surface area (Å²) in [5.74, 6) is -2.85. The van der Waals surface area contributed by atoms with Crippen LogP contribution in [0.4, 0.5) is 5.69 Å². The van der Waals surface area contributed by atoms with Gasteiger partial charge in [-0.05, 0) is 6.07 Å². The monoisotopic (exact) mass is 228 g/mol. The number of hydrogen-bond acceptors (Lipinski definition) is 6. The molecule has 0 spiro atoms. The molecule has 1 atom stereocenters. The van der Waals surface area contributed by atoms with E-state index in [4.69, 9.17) is 15.9 Å². The largest absolute Gasteiger partial charge is 0.508 e. The van der Waals surface area contributed by atoms with Crippen molar-refractivity contribution in [3.63, 3.8) is 0 Å². The van der Waals surface area contributed by atoms with Crippen LogP contribution in [0.1, 0.15) is 11.6 Å². The van der Waals surface area contributed by atoms with Crippen LogP contribution in [0.3, 0.4) is 0 Å². The predicted molar refractivity (Wildman–Crippen MR) is 51.0 cm³/mol. The van der Waals surface area contributed by atoms with E-state index in [2.05, 4.69) is 0 Å². The summed E-state index contributed by atoms with van der Waals surface area (Å²) in [6, 6.07) is -0.134. The fraction of sp³-hybridized carbons (Fsp3) is 0.125. The first-order valence-corrected chi connectivity index (χ1v) is 4.03. The van der Waals surface area contributed by atoms with Crippen molar-refractivity contribution in [1.82, 2.24) is 0 Å². The molecule has 1 rings (SSSR count). The average Bonchev–Trinajstić information content (AvgIpc) is 2.14. The van der Waals surface area contributed by atoms with Gasteiger partial charge in [0.15, 0.2) is 5.75 Å². The minimum Gasteiger partial charge on any atom is -0.508 e. The number of carbonyl (C=O) groups is 1. The zero-order valence-electron chi connectivity index (χ0n) is 7.82. The molecule has 0 bridgehead atoms. The highest BCUT2D eigenvalue weighted by Gasteiger charge is 2.28. The molecule has 0 radical (unpaired) electrons. The number of aliphatic carboxylic acids is 1. The lowest BCUT2D eigenvalue weighted by molar-refractivity contribution is -0.386. The van der Waals surface area contributed by atoms with Gasteiger partial charge >= 0.3 is 11.7 Å². The first-order valence-electron chi connectivity index (χ1n) is 4.03. The number of rotatable bonds is 3. The van der Waals surface area contributed by atoms with Crippen molar-refractivity contribution in [2.45, 2.75) is 6.04 Å². The molecule has 1 aromatic carbocycles. The number of nitrogens with two attached hydrogens (primary N) is 1. The lowest BCUT2D eigenvalue weighted by atomic mass is 10.0. The molecule has 0 aromatic heterocycles. The quantitative estimate of drug-likeness (QED) is 0.423. The molecule has 0 heterocycles. The summed E-state index contributed by atoms with van der Waals surface area (Å²) in [4.78, 5) is 20.2. The molecule has 0 saturated heterocycles. The number of nitrogens with zero attached hydrogens (tertiary/aromatic N) is 1. The van der Waals surface area contributed by atoms with Gasteiger partial charge in [-0.25, -0.2) is 0 Å². The van der Waals surface area contributed by atoms with Gasteiger partial charge in [0.25, 0.3) is 0 Å². The zero-order valence-corrected chi connectivity index (χ0v) is 7.82. The van der Waals surface area contributed by atoms with Crippen molar-refractivity contribution in [1.29, 1.82) is 0 Å². The standard InChI is InChI=1S/C8H8N2O6/c9-6(8(13)14)4-1-3(11)2-5(12)7(4)10(15)16/h1-2,6,11-12H,9H2,(H,13,14). The van der Waals surface area contributed by atoms with Gasteiger partial charge in [0.2, 0.25) is 0 Å². The molecule has 0 fully saturated rings. The molecule has 0 amide bonds. The van der Waals surface area contributed by atoms with Crippen LogP contribution >= 0.6 is 0 Å². The Labute approximate surface area is 88.7 Å². The van der Waals surface area contributed by atoms with Gasteiger partial charge in [-0.1, -0.05) is 0 Å². The van der Waals surface area contributed by atoms with Crippen LogP contribution in [0.25, 0.3) is 0 Å². The molecule has 8 nitrogen and oxygen atoms in total. The number of carboxylic acid groups (broad SMARTS) is 1. The Morgan fingerprint density at radius 2 is 2.00 bits per heavy atom. The van der Waals surface area contributed by atoms with E-state index < -0.39 is 39.7 Å². The van der Waals surface area contributed by atoms with E-state index in [-0.39, 0.29) is 0 Å². The second-order valence-electron chi connectivity index (χ2n) is 2.98. The Morgan fingerprint density at radius 3 is 2.44 bits per heavy atom. The van der Waals surface area contributed by atoms with E-state index >= 15 is 0 Å². The second kappa shape index (κ2) is 4.03. The van der Waals surface area contributed by atoms with Crippen molar-refractivity contribution in [2.75, 3.05) is 0 Å². The smallest absolute Gasteiger partial charge is 0.325 e. The molecule has 5 N–H and O–H groups in total. The van der Waals surface area contributed by atoms with E-state index in [0.717, 1.165) is 12.1 Å². The lowest BCUT2D eigenvalue weighted by Gasteiger charge is -2.08. The third-order valence-electron chi connectivity index (χ3n) is 1.89. The van der Waals surface area contributed by atoms with E-state index in [9.17, 15) is 20.0 Å². The SMILES string of the molecule is NC(C(=O)O)c1cc(O)cc(O)c1[N+](=O)[O-]. The fourth-order valence-electron chi connectivity index (χ4n) is 1.19. The maximum Gasteiger partial charge on any atom is 0.325 e. The summed E-state index contributed by atoms with van der Waals surface area (Å²) < 4.78 is 0. The van der Waals surface area contributed by atoms with Crippen LogP contribution in [0.15, 0.2) is 12.1 Å². The molecule has 16 heavy (non-hydrogen) atoms. The maximum absolute atomic E-state index is 10.6. The second-order valence-corrected chi connectivity index (χ2v) is 2.98. The molecule has 86 valence electrons. The van der Waals surface area contributed by atoms with Gasteiger partial charge in [0, 0.05) is 6.07 Å². The lowest BCUT2D eigenvalue weighted by Crippen LogP contribution is -2.21. The number of phenolic OH excluding ortho intramolecular Hbond substituents is 2. The van der Waals surface area contributed by atoms with Crippen LogP contribution in [0, 0.1) is 10.1 Å². The number of benzene rings is 1. The third kappa shape index (κ3) is 2.01. The summed E-state index contributed by atoms with van der Waals surface area (Å²) in [5.41, 5.74) is 3.90. The van der Waals surface area contributed by atoms with Crippen molar-refractivity contribution in [2.24, 2.45) is 5.73 Å². The summed E-state index contributed by atoms with van der Waals surface area (Å²) in [6.45, 7) is 0. The predicted octanol–water partition coefficient (Wildman–Crippen LogP) is 0.0904. The van der Waals surface area contributed by atoms with Crippen LogP contribution in [-0.2, 0) is 4.79 Å². The highest BCUT2D eigenvalue weighted by Crippen LogP contribution is 2.36. The van der Waals surface area contributed by atoms with Crippen LogP contribution in [0.5, 0.6) is 11.5 Å². The van der Waals surface area contributed by atoms with Crippen LogP contribution in [-0.4, -0.2) is 26.2 Å². The number of nitro groups is 1. The van der Waals surface area contributed by atoms with Gasteiger partial charge < -0.3 is 21.1 Å². The molecule has 0 aliphatic rings. The van der Waals surface area contributed by atoms with E-state index in [0.29, 0.717) is 0 Å². The molecule has 0 aliphatic heterocycles. The normalized spacial score (nSPS) is 12.1. The van der Waals surface area contributed by atoms with Gasteiger partial charge in [-0.3, -0.25) is 14.9 Å². The Balaban J connectivity index is 3.46. The zero-order chi connectivity index (χ0) is 12.5. The average molecular weight is 228 g/mol. The van der Waals surface area contributed by atoms with Gasteiger partial charge in [0.05, 0.1) is 10.5 Å². The molecule has 8 heteroatoms. The number of nitro benzene ring substituents is 1.